The fourth-order valence-corrected chi connectivity index (χ4v) is 2.79. The molecule has 1 amide bonds. The van der Waals surface area contributed by atoms with Crippen molar-refractivity contribution in [3.8, 4) is 0 Å². The third kappa shape index (κ3) is 3.83. The van der Waals surface area contributed by atoms with Crippen molar-refractivity contribution in [2.24, 2.45) is 0 Å². The first-order chi connectivity index (χ1) is 9.11. The molecule has 0 bridgehead atoms. The van der Waals surface area contributed by atoms with E-state index in [-0.39, 0.29) is 5.91 Å². The van der Waals surface area contributed by atoms with Crippen molar-refractivity contribution in [3.63, 3.8) is 0 Å². The lowest BCUT2D eigenvalue weighted by atomic mass is 10.1. The predicted octanol–water partition coefficient (Wildman–Crippen LogP) is 3.59. The van der Waals surface area contributed by atoms with Gasteiger partial charge in [-0.15, -0.1) is 0 Å². The van der Waals surface area contributed by atoms with E-state index < -0.39 is 0 Å². The summed E-state index contributed by atoms with van der Waals surface area (Å²) in [5.41, 5.74) is 0.667. The Morgan fingerprint density at radius 1 is 1.47 bits per heavy atom. The van der Waals surface area contributed by atoms with E-state index in [2.05, 4.69) is 22.6 Å². The SMILES string of the molecule is CCOC1CCN(C(=O)c2ccc(I)c(Cl)c2)CC1. The maximum atomic E-state index is 12.4. The number of carbonyl (C=O) groups excluding carboxylic acids is 1. The van der Waals surface area contributed by atoms with Crippen molar-refractivity contribution in [2.45, 2.75) is 25.9 Å². The standard InChI is InChI=1S/C14H17ClINO2/c1-2-19-11-5-7-17(8-6-11)14(18)10-3-4-13(16)12(15)9-10/h3-4,9,11H,2,5-8H2,1H3. The molecule has 0 aliphatic carbocycles. The third-order valence-corrected chi connectivity index (χ3v) is 4.87. The van der Waals surface area contributed by atoms with Crippen LogP contribution in [0.15, 0.2) is 18.2 Å². The Bertz CT molecular complexity index is 459. The molecule has 0 N–H and O–H groups in total. The van der Waals surface area contributed by atoms with Gasteiger partial charge in [-0.1, -0.05) is 11.6 Å². The fourth-order valence-electron chi connectivity index (χ4n) is 2.27. The highest BCUT2D eigenvalue weighted by Crippen LogP contribution is 2.22. The molecular formula is C14H17ClINO2. The quantitative estimate of drug-likeness (QED) is 0.735. The molecule has 0 saturated carbocycles. The summed E-state index contributed by atoms with van der Waals surface area (Å²) < 4.78 is 6.56. The van der Waals surface area contributed by atoms with Crippen LogP contribution in [0, 0.1) is 3.57 Å². The first-order valence-electron chi connectivity index (χ1n) is 6.47. The van der Waals surface area contributed by atoms with Gasteiger partial charge in [-0.3, -0.25) is 4.79 Å². The lowest BCUT2D eigenvalue weighted by molar-refractivity contribution is 0.0146. The number of hydrogen-bond donors (Lipinski definition) is 0. The summed E-state index contributed by atoms with van der Waals surface area (Å²) >= 11 is 8.22. The second-order valence-electron chi connectivity index (χ2n) is 4.58. The van der Waals surface area contributed by atoms with E-state index in [0.29, 0.717) is 16.7 Å². The predicted molar refractivity (Wildman–Crippen MR) is 84.7 cm³/mol. The summed E-state index contributed by atoms with van der Waals surface area (Å²) in [6.07, 6.45) is 2.13. The maximum Gasteiger partial charge on any atom is 0.253 e. The van der Waals surface area contributed by atoms with Gasteiger partial charge >= 0.3 is 0 Å². The summed E-state index contributed by atoms with van der Waals surface area (Å²) in [6, 6.07) is 5.47. The van der Waals surface area contributed by atoms with E-state index in [1.165, 1.54) is 0 Å². The maximum absolute atomic E-state index is 12.4. The molecule has 0 aromatic heterocycles. The smallest absolute Gasteiger partial charge is 0.253 e. The van der Waals surface area contributed by atoms with Crippen molar-refractivity contribution in [2.75, 3.05) is 19.7 Å². The Labute approximate surface area is 132 Å². The molecule has 1 aliphatic rings. The monoisotopic (exact) mass is 393 g/mol. The van der Waals surface area contributed by atoms with Crippen molar-refractivity contribution in [3.05, 3.63) is 32.4 Å². The van der Waals surface area contributed by atoms with Crippen LogP contribution < -0.4 is 0 Å². The minimum Gasteiger partial charge on any atom is -0.378 e. The molecule has 19 heavy (non-hydrogen) atoms. The number of piperidine rings is 1. The van der Waals surface area contributed by atoms with Crippen molar-refractivity contribution < 1.29 is 9.53 Å². The van der Waals surface area contributed by atoms with Crippen molar-refractivity contribution >= 4 is 40.1 Å². The number of carbonyl (C=O) groups is 1. The van der Waals surface area contributed by atoms with E-state index >= 15 is 0 Å². The molecule has 1 aromatic rings. The molecule has 0 spiro atoms. The highest BCUT2D eigenvalue weighted by atomic mass is 127. The summed E-state index contributed by atoms with van der Waals surface area (Å²) in [5, 5.41) is 0.635. The Balaban J connectivity index is 1.99. The number of halogens is 2. The van der Waals surface area contributed by atoms with Crippen molar-refractivity contribution in [1.82, 2.24) is 4.90 Å². The van der Waals surface area contributed by atoms with Gasteiger partial charge in [-0.25, -0.2) is 0 Å². The minimum absolute atomic E-state index is 0.0632. The summed E-state index contributed by atoms with van der Waals surface area (Å²) in [5.74, 6) is 0.0632. The van der Waals surface area contributed by atoms with Crippen LogP contribution in [-0.4, -0.2) is 36.6 Å². The van der Waals surface area contributed by atoms with Gasteiger partial charge < -0.3 is 9.64 Å². The average molecular weight is 394 g/mol. The molecule has 5 heteroatoms. The number of rotatable bonds is 3. The van der Waals surface area contributed by atoms with Crippen LogP contribution in [0.25, 0.3) is 0 Å². The Morgan fingerprint density at radius 2 is 2.16 bits per heavy atom. The van der Waals surface area contributed by atoms with Crippen LogP contribution in [0.1, 0.15) is 30.1 Å². The van der Waals surface area contributed by atoms with Crippen LogP contribution >= 0.6 is 34.2 Å². The molecule has 0 unspecified atom stereocenters. The molecule has 104 valence electrons. The van der Waals surface area contributed by atoms with Gasteiger partial charge in [0.2, 0.25) is 0 Å². The van der Waals surface area contributed by atoms with Crippen LogP contribution in [-0.2, 0) is 4.74 Å². The largest absolute Gasteiger partial charge is 0.378 e. The topological polar surface area (TPSA) is 29.5 Å². The van der Waals surface area contributed by atoms with E-state index in [4.69, 9.17) is 16.3 Å². The fraction of sp³-hybridized carbons (Fsp3) is 0.500. The number of ether oxygens (including phenoxy) is 1. The first-order valence-corrected chi connectivity index (χ1v) is 7.93. The zero-order chi connectivity index (χ0) is 13.8. The summed E-state index contributed by atoms with van der Waals surface area (Å²) in [7, 11) is 0. The van der Waals surface area contributed by atoms with Gasteiger partial charge in [0.15, 0.2) is 0 Å². The average Bonchev–Trinajstić information content (AvgIpc) is 2.42. The van der Waals surface area contributed by atoms with Crippen LogP contribution in [0.4, 0.5) is 0 Å². The number of amides is 1. The van der Waals surface area contributed by atoms with Gasteiger partial charge in [0.1, 0.15) is 0 Å². The molecule has 1 saturated heterocycles. The van der Waals surface area contributed by atoms with Crippen LogP contribution in [0.2, 0.25) is 5.02 Å². The van der Waals surface area contributed by atoms with E-state index in [1.54, 1.807) is 6.07 Å². The molecule has 1 heterocycles. The number of likely N-dealkylation sites (tertiary alicyclic amines) is 1. The van der Waals surface area contributed by atoms with Crippen molar-refractivity contribution in [1.29, 1.82) is 0 Å². The number of hydrogen-bond acceptors (Lipinski definition) is 2. The molecule has 1 aliphatic heterocycles. The molecule has 0 radical (unpaired) electrons. The molecule has 1 fully saturated rings. The molecule has 0 atom stereocenters. The van der Waals surface area contributed by atoms with Gasteiger partial charge in [0.05, 0.1) is 11.1 Å². The van der Waals surface area contributed by atoms with Gasteiger partial charge in [0, 0.05) is 28.8 Å². The van der Waals surface area contributed by atoms with E-state index in [9.17, 15) is 4.79 Å². The molecule has 1 aromatic carbocycles. The van der Waals surface area contributed by atoms with Gasteiger partial charge in [-0.05, 0) is 60.6 Å². The van der Waals surface area contributed by atoms with Gasteiger partial charge in [0.25, 0.3) is 5.91 Å². The molecular weight excluding hydrogens is 377 g/mol. The zero-order valence-corrected chi connectivity index (χ0v) is 13.8. The number of benzene rings is 1. The highest BCUT2D eigenvalue weighted by molar-refractivity contribution is 14.1. The Hall–Kier alpha value is -0.330. The third-order valence-electron chi connectivity index (χ3n) is 3.30. The minimum atomic E-state index is 0.0632. The normalized spacial score (nSPS) is 16.7. The second kappa shape index (κ2) is 6.90. The van der Waals surface area contributed by atoms with E-state index in [1.807, 2.05) is 24.0 Å². The summed E-state index contributed by atoms with van der Waals surface area (Å²) in [6.45, 7) is 4.26. The summed E-state index contributed by atoms with van der Waals surface area (Å²) in [4.78, 5) is 14.2. The lowest BCUT2D eigenvalue weighted by Gasteiger charge is -2.31. The zero-order valence-electron chi connectivity index (χ0n) is 10.9. The Morgan fingerprint density at radius 3 is 2.74 bits per heavy atom. The van der Waals surface area contributed by atoms with Crippen LogP contribution in [0.3, 0.4) is 0 Å². The van der Waals surface area contributed by atoms with E-state index in [0.717, 1.165) is 36.1 Å². The Kier molecular flexibility index (Phi) is 5.47. The van der Waals surface area contributed by atoms with Crippen LogP contribution in [0.5, 0.6) is 0 Å². The molecule has 2 rings (SSSR count). The highest BCUT2D eigenvalue weighted by Gasteiger charge is 2.23. The second-order valence-corrected chi connectivity index (χ2v) is 6.15. The number of nitrogens with zero attached hydrogens (tertiary/aromatic N) is 1. The van der Waals surface area contributed by atoms with Gasteiger partial charge in [-0.2, -0.15) is 0 Å². The molecule has 3 nitrogen and oxygen atoms in total. The lowest BCUT2D eigenvalue weighted by Crippen LogP contribution is -2.40. The first kappa shape index (κ1) is 15.1.